The summed E-state index contributed by atoms with van der Waals surface area (Å²) in [6, 6.07) is 15.5. The number of rotatable bonds is 4. The highest BCUT2D eigenvalue weighted by molar-refractivity contribution is 5.98. The molecule has 4 rings (SSSR count). The van der Waals surface area contributed by atoms with E-state index in [9.17, 15) is 19.5 Å². The lowest BCUT2D eigenvalue weighted by Gasteiger charge is -2.45. The molecule has 7 nitrogen and oxygen atoms in total. The zero-order chi connectivity index (χ0) is 22.0. The van der Waals surface area contributed by atoms with Gasteiger partial charge in [-0.1, -0.05) is 48.5 Å². The van der Waals surface area contributed by atoms with Crippen LogP contribution in [-0.2, 0) is 20.7 Å². The van der Waals surface area contributed by atoms with Crippen LogP contribution in [0.5, 0.6) is 0 Å². The molecule has 1 atom stereocenters. The van der Waals surface area contributed by atoms with E-state index in [1.165, 1.54) is 4.90 Å². The van der Waals surface area contributed by atoms with E-state index in [1.54, 1.807) is 17.0 Å². The molecule has 0 bridgehead atoms. The number of benzene rings is 2. The van der Waals surface area contributed by atoms with Gasteiger partial charge >= 0.3 is 0 Å². The van der Waals surface area contributed by atoms with Gasteiger partial charge in [-0.05, 0) is 24.1 Å². The number of carbonyl (C=O) groups is 3. The Morgan fingerprint density at radius 3 is 2.32 bits per heavy atom. The van der Waals surface area contributed by atoms with Crippen LogP contribution < -0.4 is 5.11 Å². The minimum atomic E-state index is -1.33. The third-order valence-corrected chi connectivity index (χ3v) is 6.22. The molecule has 2 heterocycles. The van der Waals surface area contributed by atoms with Gasteiger partial charge in [0.25, 0.3) is 5.91 Å². The zero-order valence-corrected chi connectivity index (χ0v) is 17.5. The van der Waals surface area contributed by atoms with E-state index in [-0.39, 0.29) is 18.4 Å². The van der Waals surface area contributed by atoms with Gasteiger partial charge in [-0.15, -0.1) is 0 Å². The van der Waals surface area contributed by atoms with Gasteiger partial charge in [-0.3, -0.25) is 14.5 Å². The lowest BCUT2D eigenvalue weighted by Crippen LogP contribution is -2.60. The molecule has 2 saturated heterocycles. The molecular weight excluding hydrogens is 396 g/mol. The summed E-state index contributed by atoms with van der Waals surface area (Å²) < 4.78 is 5.94. The van der Waals surface area contributed by atoms with E-state index in [4.69, 9.17) is 4.74 Å². The maximum absolute atomic E-state index is 13.4. The normalized spacial score (nSPS) is 20.1. The second kappa shape index (κ2) is 8.51. The van der Waals surface area contributed by atoms with E-state index >= 15 is 0 Å². The number of hydrogen-bond donors (Lipinski definition) is 0. The summed E-state index contributed by atoms with van der Waals surface area (Å²) in [7, 11) is 0. The molecule has 162 valence electrons. The van der Waals surface area contributed by atoms with Crippen LogP contribution in [0.4, 0.5) is 0 Å². The van der Waals surface area contributed by atoms with Gasteiger partial charge in [0.2, 0.25) is 5.91 Å². The number of likely N-dealkylation sites (tertiary alicyclic amines) is 1. The fourth-order valence-electron chi connectivity index (χ4n) is 4.48. The summed E-state index contributed by atoms with van der Waals surface area (Å²) in [6.45, 7) is 2.49. The maximum atomic E-state index is 13.4. The van der Waals surface area contributed by atoms with E-state index in [1.807, 2.05) is 49.4 Å². The zero-order valence-electron chi connectivity index (χ0n) is 17.5. The quantitative estimate of drug-likeness (QED) is 0.739. The van der Waals surface area contributed by atoms with Crippen LogP contribution >= 0.6 is 0 Å². The fourth-order valence-corrected chi connectivity index (χ4v) is 4.48. The summed E-state index contributed by atoms with van der Waals surface area (Å²) in [5.74, 6) is -1.71. The number of piperidine rings is 1. The molecule has 2 aromatic rings. The van der Waals surface area contributed by atoms with E-state index in [0.29, 0.717) is 37.9 Å². The van der Waals surface area contributed by atoms with Crippen molar-refractivity contribution in [2.24, 2.45) is 0 Å². The van der Waals surface area contributed by atoms with Crippen LogP contribution in [0.1, 0.15) is 34.3 Å². The predicted molar refractivity (Wildman–Crippen MR) is 111 cm³/mol. The van der Waals surface area contributed by atoms with Crippen molar-refractivity contribution < 1.29 is 24.2 Å². The smallest absolute Gasteiger partial charge is 0.257 e. The number of carboxylic acids is 1. The first-order chi connectivity index (χ1) is 14.9. The molecule has 0 N–H and O–H groups in total. The van der Waals surface area contributed by atoms with Crippen LogP contribution in [0, 0.1) is 6.92 Å². The van der Waals surface area contributed by atoms with Crippen LogP contribution in [0.15, 0.2) is 54.6 Å². The van der Waals surface area contributed by atoms with Crippen molar-refractivity contribution in [1.29, 1.82) is 0 Å². The molecule has 0 aliphatic carbocycles. The van der Waals surface area contributed by atoms with Gasteiger partial charge in [0.05, 0.1) is 25.0 Å². The third-order valence-electron chi connectivity index (χ3n) is 6.22. The van der Waals surface area contributed by atoms with Crippen molar-refractivity contribution in [3.63, 3.8) is 0 Å². The lowest BCUT2D eigenvalue weighted by molar-refractivity contribution is -0.310. The predicted octanol–water partition coefficient (Wildman–Crippen LogP) is 1.15. The monoisotopic (exact) mass is 421 g/mol. The summed E-state index contributed by atoms with van der Waals surface area (Å²) in [4.78, 5) is 41.0. The molecular formula is C24H25N2O5-. The van der Waals surface area contributed by atoms with Gasteiger partial charge in [-0.25, -0.2) is 0 Å². The Balaban J connectivity index is 1.52. The molecule has 0 radical (unpaired) electrons. The molecule has 0 aromatic heterocycles. The van der Waals surface area contributed by atoms with Crippen LogP contribution in [0.25, 0.3) is 0 Å². The minimum Gasteiger partial charge on any atom is -0.548 e. The summed E-state index contributed by atoms with van der Waals surface area (Å²) >= 11 is 0. The van der Waals surface area contributed by atoms with Crippen molar-refractivity contribution >= 4 is 17.8 Å². The van der Waals surface area contributed by atoms with Crippen molar-refractivity contribution in [3.05, 3.63) is 71.3 Å². The average Bonchev–Trinajstić information content (AvgIpc) is 3.13. The number of ether oxygens (including phenoxy) is 1. The van der Waals surface area contributed by atoms with Gasteiger partial charge in [-0.2, -0.15) is 0 Å². The summed E-state index contributed by atoms with van der Waals surface area (Å²) in [5, 5.41) is 11.8. The van der Waals surface area contributed by atoms with Gasteiger partial charge in [0.1, 0.15) is 5.72 Å². The number of hydrogen-bond acceptors (Lipinski definition) is 5. The molecule has 31 heavy (non-hydrogen) atoms. The van der Waals surface area contributed by atoms with Crippen molar-refractivity contribution in [3.8, 4) is 0 Å². The molecule has 0 saturated carbocycles. The SMILES string of the molecule is Cc1ccccc1C(=O)N1[C@@H](C(=O)[O-])COC12CCN(C(=O)Cc1ccccc1)CC2. The number of carboxylic acid groups (broad SMARTS) is 1. The van der Waals surface area contributed by atoms with Crippen LogP contribution in [0.2, 0.25) is 0 Å². The topological polar surface area (TPSA) is 90.0 Å². The summed E-state index contributed by atoms with van der Waals surface area (Å²) in [6.07, 6.45) is 1.02. The van der Waals surface area contributed by atoms with Gasteiger partial charge in [0, 0.05) is 31.5 Å². The number of carbonyl (C=O) groups excluding carboxylic acids is 3. The van der Waals surface area contributed by atoms with Crippen molar-refractivity contribution in [2.75, 3.05) is 19.7 Å². The fraction of sp³-hybridized carbons (Fsp3) is 0.375. The van der Waals surface area contributed by atoms with Crippen molar-refractivity contribution in [1.82, 2.24) is 9.80 Å². The lowest BCUT2D eigenvalue weighted by atomic mass is 9.95. The molecule has 2 aliphatic rings. The first-order valence-electron chi connectivity index (χ1n) is 10.5. The highest BCUT2D eigenvalue weighted by Crippen LogP contribution is 2.38. The molecule has 2 fully saturated rings. The molecule has 7 heteroatoms. The first kappa shape index (κ1) is 21.1. The first-order valence-corrected chi connectivity index (χ1v) is 10.5. The Kier molecular flexibility index (Phi) is 5.78. The van der Waals surface area contributed by atoms with E-state index in [0.717, 1.165) is 11.1 Å². The number of aryl methyl sites for hydroxylation is 1. The van der Waals surface area contributed by atoms with Crippen molar-refractivity contribution in [2.45, 2.75) is 38.0 Å². The molecule has 2 aliphatic heterocycles. The minimum absolute atomic E-state index is 0.00674. The van der Waals surface area contributed by atoms with Gasteiger partial charge in [0.15, 0.2) is 0 Å². The van der Waals surface area contributed by atoms with Gasteiger partial charge < -0.3 is 19.5 Å². The summed E-state index contributed by atoms with van der Waals surface area (Å²) in [5.41, 5.74) is 1.11. The van der Waals surface area contributed by atoms with E-state index < -0.39 is 17.7 Å². The van der Waals surface area contributed by atoms with Crippen LogP contribution in [0.3, 0.4) is 0 Å². The number of amides is 2. The highest BCUT2D eigenvalue weighted by Gasteiger charge is 2.52. The Labute approximate surface area is 181 Å². The molecule has 1 spiro atoms. The average molecular weight is 421 g/mol. The number of nitrogens with zero attached hydrogens (tertiary/aromatic N) is 2. The second-order valence-corrected chi connectivity index (χ2v) is 8.13. The Morgan fingerprint density at radius 2 is 1.68 bits per heavy atom. The second-order valence-electron chi connectivity index (χ2n) is 8.13. The van der Waals surface area contributed by atoms with E-state index in [2.05, 4.69) is 0 Å². The largest absolute Gasteiger partial charge is 0.548 e. The third kappa shape index (κ3) is 4.05. The Bertz CT molecular complexity index is 982. The Hall–Kier alpha value is -3.19. The molecule has 2 amide bonds. The maximum Gasteiger partial charge on any atom is 0.257 e. The van der Waals surface area contributed by atoms with Crippen LogP contribution in [-0.4, -0.2) is 59.0 Å². The number of aliphatic carboxylic acids is 1. The highest BCUT2D eigenvalue weighted by atomic mass is 16.5. The molecule has 0 unspecified atom stereocenters. The molecule has 2 aromatic carbocycles. The Morgan fingerprint density at radius 1 is 1.03 bits per heavy atom. The standard InChI is InChI=1S/C24H26N2O5/c1-17-7-5-6-10-19(17)22(28)26-20(23(29)30)16-31-24(26)11-13-25(14-12-24)21(27)15-18-8-3-2-4-9-18/h2-10,20H,11-16H2,1H3,(H,29,30)/p-1/t20-/m1/s1.